The van der Waals surface area contributed by atoms with Gasteiger partial charge in [0, 0.05) is 35.8 Å². The number of aromatic nitrogens is 1. The average Bonchev–Trinajstić information content (AvgIpc) is 2.94. The van der Waals surface area contributed by atoms with E-state index in [0.717, 1.165) is 17.3 Å². The summed E-state index contributed by atoms with van der Waals surface area (Å²) >= 11 is 3.36. The highest BCUT2D eigenvalue weighted by Gasteiger charge is 2.36. The number of carbonyl (C=O) groups is 1. The lowest BCUT2D eigenvalue weighted by atomic mass is 9.98. The molecular formula is C13H18BrN3O. The van der Waals surface area contributed by atoms with Gasteiger partial charge in [-0.3, -0.25) is 4.79 Å². The van der Waals surface area contributed by atoms with Crippen LogP contribution in [0.15, 0.2) is 16.7 Å². The number of nitrogens with one attached hydrogen (secondary N) is 2. The lowest BCUT2D eigenvalue weighted by Gasteiger charge is -2.35. The summed E-state index contributed by atoms with van der Waals surface area (Å²) in [5, 5.41) is 3.60. The Bertz CT molecular complexity index is 447. The van der Waals surface area contributed by atoms with Gasteiger partial charge in [0.05, 0.1) is 0 Å². The van der Waals surface area contributed by atoms with Crippen LogP contribution < -0.4 is 5.32 Å². The van der Waals surface area contributed by atoms with Gasteiger partial charge in [-0.25, -0.2) is 0 Å². The minimum absolute atomic E-state index is 0.0898. The van der Waals surface area contributed by atoms with E-state index in [-0.39, 0.29) is 5.91 Å². The zero-order chi connectivity index (χ0) is 12.7. The van der Waals surface area contributed by atoms with E-state index in [2.05, 4.69) is 26.2 Å². The number of piperidine rings is 1. The van der Waals surface area contributed by atoms with E-state index < -0.39 is 0 Å². The van der Waals surface area contributed by atoms with Gasteiger partial charge in [0.2, 0.25) is 0 Å². The molecule has 5 heteroatoms. The van der Waals surface area contributed by atoms with E-state index in [1.54, 1.807) is 6.20 Å². The molecular weight excluding hydrogens is 294 g/mol. The van der Waals surface area contributed by atoms with Gasteiger partial charge in [-0.2, -0.15) is 0 Å². The fourth-order valence-corrected chi connectivity index (χ4v) is 3.53. The van der Waals surface area contributed by atoms with Gasteiger partial charge in [-0.15, -0.1) is 0 Å². The molecule has 2 atom stereocenters. The summed E-state index contributed by atoms with van der Waals surface area (Å²) in [6.07, 6.45) is 6.49. The van der Waals surface area contributed by atoms with Crippen molar-refractivity contribution in [2.45, 2.75) is 43.8 Å². The molecule has 1 aromatic heterocycles. The summed E-state index contributed by atoms with van der Waals surface area (Å²) in [6.45, 7) is 0. The minimum Gasteiger partial charge on any atom is -0.356 e. The molecule has 3 rings (SSSR count). The highest BCUT2D eigenvalue weighted by molar-refractivity contribution is 9.10. The summed E-state index contributed by atoms with van der Waals surface area (Å²) in [6, 6.07) is 3.44. The molecule has 2 aliphatic heterocycles. The molecule has 1 aromatic rings. The number of hydrogen-bond acceptors (Lipinski definition) is 2. The number of amides is 1. The molecule has 0 radical (unpaired) electrons. The maximum atomic E-state index is 12.3. The van der Waals surface area contributed by atoms with Crippen LogP contribution in [0.25, 0.3) is 0 Å². The van der Waals surface area contributed by atoms with Crippen molar-refractivity contribution in [1.29, 1.82) is 0 Å². The van der Waals surface area contributed by atoms with Crippen molar-refractivity contribution in [2.24, 2.45) is 0 Å². The topological polar surface area (TPSA) is 48.1 Å². The standard InChI is InChI=1S/C13H18BrN3O/c1-17(13(18)12-4-8(14)7-15-12)11-5-9-2-3-10(6-11)16-9/h4,7,9-11,15-16H,2-3,5-6H2,1H3. The molecule has 2 aliphatic rings. The Kier molecular flexibility index (Phi) is 3.20. The molecule has 3 heterocycles. The van der Waals surface area contributed by atoms with Crippen molar-refractivity contribution in [3.8, 4) is 0 Å². The van der Waals surface area contributed by atoms with Crippen molar-refractivity contribution < 1.29 is 4.79 Å². The maximum Gasteiger partial charge on any atom is 0.270 e. The third-order valence-electron chi connectivity index (χ3n) is 4.19. The lowest BCUT2D eigenvalue weighted by Crippen LogP contribution is -2.48. The first-order valence-electron chi connectivity index (χ1n) is 6.50. The fourth-order valence-electron chi connectivity index (χ4n) is 3.19. The zero-order valence-electron chi connectivity index (χ0n) is 10.4. The Morgan fingerprint density at radius 1 is 1.39 bits per heavy atom. The van der Waals surface area contributed by atoms with Crippen LogP contribution in [0.3, 0.4) is 0 Å². The predicted octanol–water partition coefficient (Wildman–Crippen LogP) is 2.13. The van der Waals surface area contributed by atoms with E-state index in [9.17, 15) is 4.79 Å². The predicted molar refractivity (Wildman–Crippen MR) is 73.6 cm³/mol. The highest BCUT2D eigenvalue weighted by Crippen LogP contribution is 2.29. The first-order chi connectivity index (χ1) is 8.63. The molecule has 2 fully saturated rings. The van der Waals surface area contributed by atoms with Gasteiger partial charge in [-0.1, -0.05) is 0 Å². The van der Waals surface area contributed by atoms with E-state index in [1.165, 1.54) is 12.8 Å². The number of halogens is 1. The van der Waals surface area contributed by atoms with Crippen LogP contribution in [0.2, 0.25) is 0 Å². The molecule has 0 aliphatic carbocycles. The number of rotatable bonds is 2. The molecule has 2 bridgehead atoms. The van der Waals surface area contributed by atoms with Crippen LogP contribution in [0.4, 0.5) is 0 Å². The quantitative estimate of drug-likeness (QED) is 0.879. The molecule has 2 saturated heterocycles. The average molecular weight is 312 g/mol. The van der Waals surface area contributed by atoms with Crippen LogP contribution in [-0.2, 0) is 0 Å². The van der Waals surface area contributed by atoms with Crippen LogP contribution >= 0.6 is 15.9 Å². The number of nitrogens with zero attached hydrogens (tertiary/aromatic N) is 1. The van der Waals surface area contributed by atoms with E-state index >= 15 is 0 Å². The van der Waals surface area contributed by atoms with E-state index in [1.807, 2.05) is 18.0 Å². The molecule has 0 aromatic carbocycles. The number of hydrogen-bond donors (Lipinski definition) is 2. The number of H-pyrrole nitrogens is 1. The van der Waals surface area contributed by atoms with E-state index in [4.69, 9.17) is 0 Å². The first kappa shape index (κ1) is 12.2. The summed E-state index contributed by atoms with van der Waals surface area (Å²) in [5.41, 5.74) is 0.662. The summed E-state index contributed by atoms with van der Waals surface area (Å²) in [4.78, 5) is 17.3. The zero-order valence-corrected chi connectivity index (χ0v) is 12.0. The van der Waals surface area contributed by atoms with Crippen molar-refractivity contribution in [3.63, 3.8) is 0 Å². The first-order valence-corrected chi connectivity index (χ1v) is 7.30. The van der Waals surface area contributed by atoms with Crippen molar-refractivity contribution in [3.05, 3.63) is 22.4 Å². The monoisotopic (exact) mass is 311 g/mol. The summed E-state index contributed by atoms with van der Waals surface area (Å²) in [7, 11) is 1.92. The van der Waals surface area contributed by atoms with Gasteiger partial charge in [0.1, 0.15) is 5.69 Å². The third kappa shape index (κ3) is 2.21. The molecule has 98 valence electrons. The second kappa shape index (κ2) is 4.70. The normalized spacial score (nSPS) is 30.4. The van der Waals surface area contributed by atoms with Crippen LogP contribution in [0.5, 0.6) is 0 Å². The highest BCUT2D eigenvalue weighted by atomic mass is 79.9. The summed E-state index contributed by atoms with van der Waals surface area (Å²) in [5.74, 6) is 0.0898. The molecule has 4 nitrogen and oxygen atoms in total. The number of fused-ring (bicyclic) bond motifs is 2. The van der Waals surface area contributed by atoms with Gasteiger partial charge in [0.15, 0.2) is 0 Å². The molecule has 2 N–H and O–H groups in total. The Hall–Kier alpha value is -0.810. The molecule has 1 amide bonds. The number of aromatic amines is 1. The molecule has 2 unspecified atom stereocenters. The Balaban J connectivity index is 1.70. The second-order valence-corrected chi connectivity index (χ2v) is 6.33. The van der Waals surface area contributed by atoms with Crippen LogP contribution in [-0.4, -0.2) is 41.0 Å². The maximum absolute atomic E-state index is 12.3. The van der Waals surface area contributed by atoms with Gasteiger partial charge in [-0.05, 0) is 47.7 Å². The minimum atomic E-state index is 0.0898. The Morgan fingerprint density at radius 3 is 2.61 bits per heavy atom. The third-order valence-corrected chi connectivity index (χ3v) is 4.65. The molecule has 0 spiro atoms. The smallest absolute Gasteiger partial charge is 0.270 e. The van der Waals surface area contributed by atoms with Gasteiger partial charge in [0.25, 0.3) is 5.91 Å². The largest absolute Gasteiger partial charge is 0.356 e. The van der Waals surface area contributed by atoms with Gasteiger partial charge >= 0.3 is 0 Å². The van der Waals surface area contributed by atoms with Crippen molar-refractivity contribution in [1.82, 2.24) is 15.2 Å². The Labute approximate surface area is 115 Å². The SMILES string of the molecule is CN(C(=O)c1cc(Br)c[nH]1)C1CC2CCC(C1)N2. The van der Waals surface area contributed by atoms with Crippen LogP contribution in [0, 0.1) is 0 Å². The number of carbonyl (C=O) groups excluding carboxylic acids is 1. The van der Waals surface area contributed by atoms with Crippen molar-refractivity contribution in [2.75, 3.05) is 7.05 Å². The lowest BCUT2D eigenvalue weighted by molar-refractivity contribution is 0.0676. The van der Waals surface area contributed by atoms with Crippen LogP contribution in [0.1, 0.15) is 36.2 Å². The molecule has 0 saturated carbocycles. The fraction of sp³-hybridized carbons (Fsp3) is 0.615. The van der Waals surface area contributed by atoms with Gasteiger partial charge < -0.3 is 15.2 Å². The van der Waals surface area contributed by atoms with Crippen molar-refractivity contribution >= 4 is 21.8 Å². The molecule has 18 heavy (non-hydrogen) atoms. The summed E-state index contributed by atoms with van der Waals surface area (Å²) < 4.78 is 0.921. The Morgan fingerprint density at radius 2 is 2.06 bits per heavy atom. The van der Waals surface area contributed by atoms with E-state index in [0.29, 0.717) is 23.8 Å². The second-order valence-electron chi connectivity index (χ2n) is 5.41.